The Kier molecular flexibility index (Phi) is 8.05. The lowest BCUT2D eigenvalue weighted by Gasteiger charge is -2.49. The third-order valence-electron chi connectivity index (χ3n) is 6.47. The molecule has 11 heteroatoms. The average molecular weight is 643 g/mol. The number of hydrogen-bond donors (Lipinski definition) is 1. The maximum absolute atomic E-state index is 13.7. The highest BCUT2D eigenvalue weighted by atomic mass is 127. The Hall–Kier alpha value is -2.77. The topological polar surface area (TPSA) is 93.1 Å². The fourth-order valence-corrected chi connectivity index (χ4v) is 6.82. The molecule has 1 N–H and O–H groups in total. The average Bonchev–Trinajstić information content (AvgIpc) is 2.83. The minimum Gasteiger partial charge on any atom is -0.496 e. The third-order valence-corrected chi connectivity index (χ3v) is 9.07. The van der Waals surface area contributed by atoms with Crippen LogP contribution in [0.1, 0.15) is 24.8 Å². The number of nitrogens with zero attached hydrogens (tertiary/aromatic N) is 1. The first kappa shape index (κ1) is 27.3. The van der Waals surface area contributed by atoms with Crippen LogP contribution in [0.3, 0.4) is 0 Å². The fraction of sp³-hybridized carbons (Fsp3) is 0.269. The highest BCUT2D eigenvalue weighted by molar-refractivity contribution is 14.1. The highest BCUT2D eigenvalue weighted by Gasteiger charge is 2.50. The molecule has 3 aromatic rings. The van der Waals surface area contributed by atoms with E-state index in [1.54, 1.807) is 7.11 Å². The quantitative estimate of drug-likeness (QED) is 0.284. The van der Waals surface area contributed by atoms with Crippen LogP contribution in [0.15, 0.2) is 71.6 Å². The van der Waals surface area contributed by atoms with Gasteiger partial charge in [-0.3, -0.25) is 4.79 Å². The lowest BCUT2D eigenvalue weighted by atomic mass is 9.71. The number of sulfonamides is 1. The van der Waals surface area contributed by atoms with Crippen molar-refractivity contribution in [1.82, 2.24) is 4.31 Å². The van der Waals surface area contributed by atoms with Crippen molar-refractivity contribution >= 4 is 38.6 Å². The largest absolute Gasteiger partial charge is 0.496 e. The van der Waals surface area contributed by atoms with E-state index in [-0.39, 0.29) is 10.6 Å². The van der Waals surface area contributed by atoms with Gasteiger partial charge in [-0.05, 0) is 95.4 Å². The summed E-state index contributed by atoms with van der Waals surface area (Å²) in [6.45, 7) is -3.80. The van der Waals surface area contributed by atoms with Gasteiger partial charge in [0, 0.05) is 9.13 Å². The molecule has 37 heavy (non-hydrogen) atoms. The van der Waals surface area contributed by atoms with E-state index in [9.17, 15) is 27.1 Å². The number of methoxy groups -OCH3 is 1. The zero-order valence-corrected chi connectivity index (χ0v) is 22.7. The number of aliphatic carboxylic acids is 1. The third kappa shape index (κ3) is 5.58. The molecule has 7 nitrogen and oxygen atoms in total. The van der Waals surface area contributed by atoms with E-state index in [0.29, 0.717) is 24.2 Å². The second-order valence-corrected chi connectivity index (χ2v) is 11.7. The van der Waals surface area contributed by atoms with E-state index in [0.717, 1.165) is 49.7 Å². The second kappa shape index (κ2) is 10.9. The van der Waals surface area contributed by atoms with Gasteiger partial charge >= 0.3 is 12.6 Å². The van der Waals surface area contributed by atoms with Gasteiger partial charge in [0.25, 0.3) is 0 Å². The van der Waals surface area contributed by atoms with Gasteiger partial charge in [-0.25, -0.2) is 8.42 Å². The Balaban J connectivity index is 1.73. The Labute approximate surface area is 227 Å². The minimum absolute atomic E-state index is 0.196. The lowest BCUT2D eigenvalue weighted by Crippen LogP contribution is -2.55. The van der Waals surface area contributed by atoms with Crippen LogP contribution in [0.25, 0.3) is 11.1 Å². The van der Waals surface area contributed by atoms with Crippen molar-refractivity contribution in [3.63, 3.8) is 0 Å². The summed E-state index contributed by atoms with van der Waals surface area (Å²) in [5.41, 5.74) is 1.37. The van der Waals surface area contributed by atoms with E-state index < -0.39 is 34.7 Å². The predicted octanol–water partition coefficient (Wildman–Crippen LogP) is 5.72. The van der Waals surface area contributed by atoms with Crippen LogP contribution in [0.5, 0.6) is 11.5 Å². The molecule has 0 atom stereocenters. The summed E-state index contributed by atoms with van der Waals surface area (Å²) < 4.78 is 64.2. The highest BCUT2D eigenvalue weighted by Crippen LogP contribution is 2.49. The number of carboxylic acids is 1. The molecular weight excluding hydrogens is 619 g/mol. The number of benzene rings is 3. The first-order valence-corrected chi connectivity index (χ1v) is 13.8. The Morgan fingerprint density at radius 1 is 1.08 bits per heavy atom. The fourth-order valence-electron chi connectivity index (χ4n) is 4.57. The maximum Gasteiger partial charge on any atom is 0.387 e. The van der Waals surface area contributed by atoms with Crippen molar-refractivity contribution in [3.05, 3.63) is 75.9 Å². The first-order chi connectivity index (χ1) is 17.6. The Bertz CT molecular complexity index is 1380. The summed E-state index contributed by atoms with van der Waals surface area (Å²) in [6, 6.07) is 17.7. The summed E-state index contributed by atoms with van der Waals surface area (Å²) in [5.74, 6) is -0.799. The number of hydrogen-bond acceptors (Lipinski definition) is 5. The van der Waals surface area contributed by atoms with Crippen molar-refractivity contribution < 1.29 is 36.6 Å². The first-order valence-electron chi connectivity index (χ1n) is 11.3. The molecule has 0 aliphatic heterocycles. The summed E-state index contributed by atoms with van der Waals surface area (Å²) >= 11 is 2.21. The number of ether oxygens (including phenoxy) is 2. The zero-order valence-electron chi connectivity index (χ0n) is 19.7. The van der Waals surface area contributed by atoms with Crippen molar-refractivity contribution in [2.75, 3.05) is 13.7 Å². The van der Waals surface area contributed by atoms with Crippen LogP contribution in [-0.2, 0) is 20.4 Å². The number of carboxylic acid groups (broad SMARTS) is 1. The molecular formula is C26H24F2INO6S. The maximum atomic E-state index is 13.7. The van der Waals surface area contributed by atoms with Crippen LogP contribution >= 0.6 is 22.6 Å². The van der Waals surface area contributed by atoms with Gasteiger partial charge in [-0.1, -0.05) is 24.3 Å². The molecule has 0 saturated heterocycles. The summed E-state index contributed by atoms with van der Waals surface area (Å²) in [6.07, 6.45) is 1.61. The van der Waals surface area contributed by atoms with Gasteiger partial charge < -0.3 is 14.6 Å². The van der Waals surface area contributed by atoms with Crippen LogP contribution in [-0.4, -0.2) is 44.1 Å². The molecule has 0 aromatic heterocycles. The molecule has 0 unspecified atom stereocenters. The zero-order chi connectivity index (χ0) is 26.8. The van der Waals surface area contributed by atoms with Gasteiger partial charge in [0.2, 0.25) is 10.0 Å². The molecule has 196 valence electrons. The molecule has 0 bridgehead atoms. The molecule has 0 spiro atoms. The molecule has 0 amide bonds. The number of carbonyl (C=O) groups is 1. The smallest absolute Gasteiger partial charge is 0.387 e. The predicted molar refractivity (Wildman–Crippen MR) is 141 cm³/mol. The van der Waals surface area contributed by atoms with Gasteiger partial charge in [0.05, 0.1) is 17.5 Å². The summed E-state index contributed by atoms with van der Waals surface area (Å²) in [5, 5.41) is 9.62. The van der Waals surface area contributed by atoms with E-state index in [4.69, 9.17) is 4.74 Å². The molecule has 0 heterocycles. The molecule has 1 saturated carbocycles. The van der Waals surface area contributed by atoms with Gasteiger partial charge in [-0.2, -0.15) is 13.1 Å². The van der Waals surface area contributed by atoms with E-state index in [1.807, 2.05) is 42.5 Å². The van der Waals surface area contributed by atoms with Gasteiger partial charge in [0.1, 0.15) is 18.0 Å². The van der Waals surface area contributed by atoms with Crippen molar-refractivity contribution in [2.45, 2.75) is 36.3 Å². The van der Waals surface area contributed by atoms with Crippen LogP contribution in [0.4, 0.5) is 8.78 Å². The van der Waals surface area contributed by atoms with Crippen molar-refractivity contribution in [3.8, 4) is 22.6 Å². The van der Waals surface area contributed by atoms with Gasteiger partial charge in [0.15, 0.2) is 0 Å². The Morgan fingerprint density at radius 3 is 2.24 bits per heavy atom. The summed E-state index contributed by atoms with van der Waals surface area (Å²) in [7, 11) is -2.71. The van der Waals surface area contributed by atoms with Crippen LogP contribution in [0.2, 0.25) is 0 Å². The molecule has 1 aliphatic rings. The second-order valence-electron chi connectivity index (χ2n) is 8.56. The normalized spacial score (nSPS) is 14.9. The molecule has 0 radical (unpaired) electrons. The molecule has 1 aliphatic carbocycles. The van der Waals surface area contributed by atoms with Crippen LogP contribution < -0.4 is 9.47 Å². The lowest BCUT2D eigenvalue weighted by molar-refractivity contribution is -0.139. The number of halogens is 3. The number of alkyl halides is 2. The van der Waals surface area contributed by atoms with Crippen molar-refractivity contribution in [1.29, 1.82) is 0 Å². The standard InChI is InChI=1S/C26H24F2INO6S/c1-35-23-12-7-19(29)15-22(23)17-3-5-18(6-4-17)26(13-2-14-26)30(16-24(31)32)37(33,34)21-10-8-20(9-11-21)36-25(27)28/h3-12,15,25H,2,13-14,16H2,1H3,(H,31,32). The SMILES string of the molecule is COc1ccc(I)cc1-c1ccc(C2(N(CC(=O)O)S(=O)(=O)c3ccc(OC(F)F)cc3)CCC2)cc1. The molecule has 3 aromatic carbocycles. The monoisotopic (exact) mass is 643 g/mol. The van der Waals surface area contributed by atoms with Crippen molar-refractivity contribution in [2.24, 2.45) is 0 Å². The Morgan fingerprint density at radius 2 is 1.73 bits per heavy atom. The molecule has 1 fully saturated rings. The van der Waals surface area contributed by atoms with Crippen LogP contribution in [0, 0.1) is 3.57 Å². The number of rotatable bonds is 10. The van der Waals surface area contributed by atoms with E-state index in [1.165, 1.54) is 0 Å². The van der Waals surface area contributed by atoms with Gasteiger partial charge in [-0.15, -0.1) is 0 Å². The minimum atomic E-state index is -4.30. The van der Waals surface area contributed by atoms with E-state index in [2.05, 4.69) is 27.3 Å². The van der Waals surface area contributed by atoms with E-state index >= 15 is 0 Å². The molecule has 4 rings (SSSR count). The summed E-state index contributed by atoms with van der Waals surface area (Å²) in [4.78, 5) is 11.6.